The molecule has 55 heavy (non-hydrogen) atoms. The third kappa shape index (κ3) is 4.85. The van der Waals surface area contributed by atoms with E-state index in [0.29, 0.717) is 0 Å². The number of hydrogen-bond donors (Lipinski definition) is 0. The molecular formula is C55H38. The van der Waals surface area contributed by atoms with Crippen molar-refractivity contribution in [1.82, 2.24) is 0 Å². The van der Waals surface area contributed by atoms with Gasteiger partial charge in [-0.3, -0.25) is 0 Å². The molecule has 0 saturated carbocycles. The van der Waals surface area contributed by atoms with Crippen LogP contribution < -0.4 is 0 Å². The first-order valence-electron chi connectivity index (χ1n) is 19.3. The molecule has 0 spiro atoms. The van der Waals surface area contributed by atoms with E-state index in [9.17, 15) is 0 Å². The second kappa shape index (κ2) is 12.1. The van der Waals surface area contributed by atoms with Gasteiger partial charge in [0, 0.05) is 5.41 Å². The van der Waals surface area contributed by atoms with Gasteiger partial charge in [-0.05, 0) is 134 Å². The first kappa shape index (κ1) is 31.7. The van der Waals surface area contributed by atoms with E-state index in [1.54, 1.807) is 0 Å². The first-order valence-corrected chi connectivity index (χ1v) is 19.3. The molecule has 1 aliphatic carbocycles. The number of benzene rings is 10. The summed E-state index contributed by atoms with van der Waals surface area (Å²) in [4.78, 5) is 0. The lowest BCUT2D eigenvalue weighted by atomic mass is 9.81. The van der Waals surface area contributed by atoms with Crippen molar-refractivity contribution >= 4 is 43.1 Å². The predicted octanol–water partition coefficient (Wildman–Crippen LogP) is 15.3. The first-order chi connectivity index (χ1) is 27.0. The lowest BCUT2D eigenvalue weighted by Crippen LogP contribution is -2.14. The van der Waals surface area contributed by atoms with Gasteiger partial charge in [0.05, 0.1) is 0 Å². The van der Waals surface area contributed by atoms with Crippen LogP contribution in [0.4, 0.5) is 0 Å². The normalized spacial score (nSPS) is 13.1. The Morgan fingerprint density at radius 2 is 0.709 bits per heavy atom. The van der Waals surface area contributed by atoms with Crippen LogP contribution in [0.15, 0.2) is 194 Å². The summed E-state index contributed by atoms with van der Waals surface area (Å²) in [6, 6.07) is 72.2. The van der Waals surface area contributed by atoms with Gasteiger partial charge in [0.25, 0.3) is 0 Å². The van der Waals surface area contributed by atoms with Crippen molar-refractivity contribution in [3.05, 3.63) is 205 Å². The largest absolute Gasteiger partial charge is 0.0616 e. The minimum atomic E-state index is -0.0878. The zero-order valence-electron chi connectivity index (χ0n) is 31.0. The molecular weight excluding hydrogens is 661 g/mol. The molecule has 0 radical (unpaired) electrons. The summed E-state index contributed by atoms with van der Waals surface area (Å²) >= 11 is 0. The third-order valence-electron chi connectivity index (χ3n) is 12.2. The summed E-state index contributed by atoms with van der Waals surface area (Å²) in [6.45, 7) is 4.76. The maximum absolute atomic E-state index is 2.43. The van der Waals surface area contributed by atoms with Crippen molar-refractivity contribution in [2.24, 2.45) is 0 Å². The van der Waals surface area contributed by atoms with Crippen molar-refractivity contribution in [1.29, 1.82) is 0 Å². The standard InChI is InChI=1S/C55H38/c1-55(2)50-30-14-29-44(54(50)49-33-36-16-3-4-17-37(36)34-51(49)55)39-20-12-22-41(32-39)53-47-26-9-7-24-45(47)52(46-25-8-10-27-48(46)53)40-21-11-19-38(31-40)43-28-13-18-35-15-5-6-23-42(35)43/h3-34H,1-2H3. The molecule has 10 aromatic rings. The monoisotopic (exact) mass is 698 g/mol. The van der Waals surface area contributed by atoms with Crippen LogP contribution in [0.3, 0.4) is 0 Å². The molecule has 0 atom stereocenters. The molecule has 0 aliphatic heterocycles. The SMILES string of the molecule is CC1(C)c2cc3ccccc3cc2-c2c(-c3cccc(-c4c5ccccc5c(-c5cccc(-c6cccc7ccccc67)c5)c5ccccc45)c3)cccc21. The lowest BCUT2D eigenvalue weighted by Gasteiger charge is -2.22. The summed E-state index contributed by atoms with van der Waals surface area (Å²) < 4.78 is 0. The number of rotatable bonds is 4. The Morgan fingerprint density at radius 3 is 1.33 bits per heavy atom. The van der Waals surface area contributed by atoms with E-state index >= 15 is 0 Å². The molecule has 0 heteroatoms. The fraction of sp³-hybridized carbons (Fsp3) is 0.0545. The van der Waals surface area contributed by atoms with Gasteiger partial charge in [0.1, 0.15) is 0 Å². The van der Waals surface area contributed by atoms with Crippen molar-refractivity contribution in [2.45, 2.75) is 19.3 Å². The van der Waals surface area contributed by atoms with Crippen LogP contribution >= 0.6 is 0 Å². The molecule has 258 valence electrons. The minimum absolute atomic E-state index is 0.0878. The molecule has 0 unspecified atom stereocenters. The van der Waals surface area contributed by atoms with Crippen LogP contribution in [0.25, 0.3) is 98.7 Å². The maximum atomic E-state index is 2.43. The highest BCUT2D eigenvalue weighted by molar-refractivity contribution is 6.21. The average Bonchev–Trinajstić information content (AvgIpc) is 3.46. The van der Waals surface area contributed by atoms with Gasteiger partial charge in [-0.2, -0.15) is 0 Å². The van der Waals surface area contributed by atoms with Crippen LogP contribution in [0.5, 0.6) is 0 Å². The summed E-state index contributed by atoms with van der Waals surface area (Å²) in [7, 11) is 0. The van der Waals surface area contributed by atoms with Gasteiger partial charge >= 0.3 is 0 Å². The molecule has 0 nitrogen and oxygen atoms in total. The van der Waals surface area contributed by atoms with E-state index < -0.39 is 0 Å². The Kier molecular flexibility index (Phi) is 7.00. The average molecular weight is 699 g/mol. The molecule has 0 fully saturated rings. The Bertz CT molecular complexity index is 3110. The van der Waals surface area contributed by atoms with Gasteiger partial charge in [-0.15, -0.1) is 0 Å². The van der Waals surface area contributed by atoms with Crippen LogP contribution in [-0.2, 0) is 5.41 Å². The van der Waals surface area contributed by atoms with E-state index in [0.717, 1.165) is 0 Å². The Hall–Kier alpha value is -6.76. The zero-order chi connectivity index (χ0) is 36.7. The molecule has 0 bridgehead atoms. The van der Waals surface area contributed by atoms with Gasteiger partial charge in [0.15, 0.2) is 0 Å². The van der Waals surface area contributed by atoms with Crippen molar-refractivity contribution in [3.63, 3.8) is 0 Å². The highest BCUT2D eigenvalue weighted by atomic mass is 14.4. The predicted molar refractivity (Wildman–Crippen MR) is 236 cm³/mol. The summed E-state index contributed by atoms with van der Waals surface area (Å²) in [5.41, 5.74) is 15.5. The molecule has 1 aliphatic rings. The second-order valence-corrected chi connectivity index (χ2v) is 15.6. The molecule has 0 saturated heterocycles. The summed E-state index contributed by atoms with van der Waals surface area (Å²) in [6.07, 6.45) is 0. The Balaban J connectivity index is 1.11. The van der Waals surface area contributed by atoms with Crippen molar-refractivity contribution in [2.75, 3.05) is 0 Å². The molecule has 11 rings (SSSR count). The minimum Gasteiger partial charge on any atom is -0.0616 e. The summed E-state index contributed by atoms with van der Waals surface area (Å²) in [5, 5.41) is 10.2. The smallest absolute Gasteiger partial charge is 0.0159 e. The lowest BCUT2D eigenvalue weighted by molar-refractivity contribution is 0.661. The van der Waals surface area contributed by atoms with Gasteiger partial charge in [0.2, 0.25) is 0 Å². The highest BCUT2D eigenvalue weighted by Gasteiger charge is 2.37. The summed E-state index contributed by atoms with van der Waals surface area (Å²) in [5.74, 6) is 0. The van der Waals surface area contributed by atoms with E-state index in [1.165, 1.54) is 110 Å². The van der Waals surface area contributed by atoms with E-state index in [1.807, 2.05) is 0 Å². The molecule has 0 aromatic heterocycles. The number of fused-ring (bicyclic) bond motifs is 7. The van der Waals surface area contributed by atoms with Crippen molar-refractivity contribution < 1.29 is 0 Å². The van der Waals surface area contributed by atoms with Gasteiger partial charge < -0.3 is 0 Å². The molecule has 0 N–H and O–H groups in total. The molecule has 10 aromatic carbocycles. The van der Waals surface area contributed by atoms with Gasteiger partial charge in [-0.25, -0.2) is 0 Å². The third-order valence-corrected chi connectivity index (χ3v) is 12.2. The molecule has 0 heterocycles. The van der Waals surface area contributed by atoms with E-state index in [4.69, 9.17) is 0 Å². The van der Waals surface area contributed by atoms with Crippen LogP contribution in [0.1, 0.15) is 25.0 Å². The second-order valence-electron chi connectivity index (χ2n) is 15.6. The van der Waals surface area contributed by atoms with E-state index in [-0.39, 0.29) is 5.41 Å². The quantitative estimate of drug-likeness (QED) is 0.161. The Morgan fingerprint density at radius 1 is 0.273 bits per heavy atom. The van der Waals surface area contributed by atoms with Crippen LogP contribution in [0, 0.1) is 0 Å². The Labute approximate surface area is 322 Å². The fourth-order valence-corrected chi connectivity index (χ4v) is 9.63. The highest BCUT2D eigenvalue weighted by Crippen LogP contribution is 2.53. The van der Waals surface area contributed by atoms with Crippen LogP contribution in [-0.4, -0.2) is 0 Å². The van der Waals surface area contributed by atoms with E-state index in [2.05, 4.69) is 208 Å². The van der Waals surface area contributed by atoms with Gasteiger partial charge in [-0.1, -0.05) is 184 Å². The number of hydrogen-bond acceptors (Lipinski definition) is 0. The van der Waals surface area contributed by atoms with Crippen molar-refractivity contribution in [3.8, 4) is 55.6 Å². The topological polar surface area (TPSA) is 0 Å². The molecule has 0 amide bonds. The van der Waals surface area contributed by atoms with Crippen LogP contribution in [0.2, 0.25) is 0 Å². The fourth-order valence-electron chi connectivity index (χ4n) is 9.63. The maximum Gasteiger partial charge on any atom is 0.0159 e. The zero-order valence-corrected chi connectivity index (χ0v) is 31.0.